The summed E-state index contributed by atoms with van der Waals surface area (Å²) in [4.78, 5) is 29.1. The Bertz CT molecular complexity index is 960. The van der Waals surface area contributed by atoms with Gasteiger partial charge in [0, 0.05) is 21.7 Å². The molecule has 0 unspecified atom stereocenters. The molecule has 0 saturated carbocycles. The molecule has 6 nitrogen and oxygen atoms in total. The summed E-state index contributed by atoms with van der Waals surface area (Å²) in [6.45, 7) is 0. The van der Waals surface area contributed by atoms with Gasteiger partial charge in [0.1, 0.15) is 5.75 Å². The van der Waals surface area contributed by atoms with E-state index in [0.717, 1.165) is 3.57 Å². The van der Waals surface area contributed by atoms with E-state index in [4.69, 9.17) is 4.74 Å². The van der Waals surface area contributed by atoms with Gasteiger partial charge >= 0.3 is 0 Å². The van der Waals surface area contributed by atoms with E-state index in [1.165, 1.54) is 6.20 Å². The zero-order chi connectivity index (χ0) is 19.2. The molecular weight excluding hydrogens is 457 g/mol. The zero-order valence-electron chi connectivity index (χ0n) is 14.4. The summed E-state index contributed by atoms with van der Waals surface area (Å²) in [5.74, 6) is 0.0506. The quantitative estimate of drug-likeness (QED) is 0.545. The Morgan fingerprint density at radius 3 is 2.44 bits per heavy atom. The van der Waals surface area contributed by atoms with E-state index >= 15 is 0 Å². The van der Waals surface area contributed by atoms with E-state index in [0.29, 0.717) is 28.3 Å². The molecule has 0 bridgehead atoms. The number of amides is 2. The summed E-state index contributed by atoms with van der Waals surface area (Å²) < 4.78 is 5.99. The molecule has 0 aliphatic rings. The number of ether oxygens (including phenoxy) is 1. The Labute approximate surface area is 170 Å². The summed E-state index contributed by atoms with van der Waals surface area (Å²) in [5.41, 5.74) is 1.84. The van der Waals surface area contributed by atoms with Crippen molar-refractivity contribution in [3.05, 3.63) is 81.7 Å². The fourth-order valence-electron chi connectivity index (χ4n) is 2.38. The highest BCUT2D eigenvalue weighted by Crippen LogP contribution is 2.22. The second kappa shape index (κ2) is 8.63. The first-order valence-electron chi connectivity index (χ1n) is 8.03. The van der Waals surface area contributed by atoms with Crippen LogP contribution in [0.15, 0.2) is 67.0 Å². The van der Waals surface area contributed by atoms with E-state index in [-0.39, 0.29) is 11.8 Å². The fraction of sp³-hybridized carbons (Fsp3) is 0.0500. The maximum atomic E-state index is 12.8. The van der Waals surface area contributed by atoms with Crippen LogP contribution in [0.5, 0.6) is 5.75 Å². The molecule has 2 aromatic carbocycles. The van der Waals surface area contributed by atoms with Crippen LogP contribution in [-0.2, 0) is 0 Å². The number of pyridine rings is 1. The van der Waals surface area contributed by atoms with E-state index in [9.17, 15) is 9.59 Å². The molecule has 27 heavy (non-hydrogen) atoms. The average molecular weight is 473 g/mol. The Balaban J connectivity index is 1.82. The molecule has 3 rings (SSSR count). The van der Waals surface area contributed by atoms with Crippen molar-refractivity contribution in [3.8, 4) is 5.75 Å². The standard InChI is InChI=1S/C20H16IN3O3/c1-27-16-7-5-15(6-8-16)23-20(26)17-11-14(21)4-9-18(17)24-19(25)13-3-2-10-22-12-13/h2-12H,1H3,(H,23,26)(H,24,25). The van der Waals surface area contributed by atoms with Crippen LogP contribution in [0.1, 0.15) is 20.7 Å². The summed E-state index contributed by atoms with van der Waals surface area (Å²) in [6.07, 6.45) is 3.06. The third-order valence-electron chi connectivity index (χ3n) is 3.75. The highest BCUT2D eigenvalue weighted by atomic mass is 127. The van der Waals surface area contributed by atoms with Crippen molar-refractivity contribution in [1.82, 2.24) is 4.98 Å². The van der Waals surface area contributed by atoms with Crippen molar-refractivity contribution < 1.29 is 14.3 Å². The molecular formula is C20H16IN3O3. The van der Waals surface area contributed by atoms with E-state index in [1.807, 2.05) is 6.07 Å². The van der Waals surface area contributed by atoms with Crippen molar-refractivity contribution in [2.24, 2.45) is 0 Å². The first-order valence-corrected chi connectivity index (χ1v) is 9.11. The van der Waals surface area contributed by atoms with Crippen molar-refractivity contribution >= 4 is 45.8 Å². The number of carbonyl (C=O) groups excluding carboxylic acids is 2. The monoisotopic (exact) mass is 473 g/mol. The van der Waals surface area contributed by atoms with Gasteiger partial charge in [-0.15, -0.1) is 0 Å². The van der Waals surface area contributed by atoms with Crippen LogP contribution in [-0.4, -0.2) is 23.9 Å². The maximum absolute atomic E-state index is 12.8. The first-order chi connectivity index (χ1) is 13.1. The van der Waals surface area contributed by atoms with Crippen LogP contribution < -0.4 is 15.4 Å². The number of hydrogen-bond acceptors (Lipinski definition) is 4. The largest absolute Gasteiger partial charge is 0.497 e. The number of nitrogens with one attached hydrogen (secondary N) is 2. The number of benzene rings is 2. The SMILES string of the molecule is COc1ccc(NC(=O)c2cc(I)ccc2NC(=O)c2cccnc2)cc1. The second-order valence-corrected chi connectivity index (χ2v) is 6.81. The molecule has 0 atom stereocenters. The van der Waals surface area contributed by atoms with Gasteiger partial charge in [-0.1, -0.05) is 0 Å². The molecule has 0 radical (unpaired) electrons. The summed E-state index contributed by atoms with van der Waals surface area (Å²) in [6, 6.07) is 15.6. The molecule has 136 valence electrons. The van der Waals surface area contributed by atoms with Crippen LogP contribution in [0.2, 0.25) is 0 Å². The molecule has 0 saturated heterocycles. The lowest BCUT2D eigenvalue weighted by Gasteiger charge is -2.12. The summed E-state index contributed by atoms with van der Waals surface area (Å²) in [5, 5.41) is 5.60. The number of carbonyl (C=O) groups is 2. The van der Waals surface area contributed by atoms with Gasteiger partial charge in [-0.05, 0) is 77.2 Å². The number of methoxy groups -OCH3 is 1. The van der Waals surface area contributed by atoms with Gasteiger partial charge in [0.15, 0.2) is 0 Å². The maximum Gasteiger partial charge on any atom is 0.257 e. The number of anilines is 2. The first kappa shape index (κ1) is 18.8. The number of rotatable bonds is 5. The van der Waals surface area contributed by atoms with Gasteiger partial charge in [0.2, 0.25) is 0 Å². The minimum absolute atomic E-state index is 0.319. The molecule has 2 amide bonds. The molecule has 0 fully saturated rings. The third kappa shape index (κ3) is 4.82. The predicted octanol–water partition coefficient (Wildman–Crippen LogP) is 4.20. The molecule has 2 N–H and O–H groups in total. The molecule has 1 aromatic heterocycles. The van der Waals surface area contributed by atoms with Crippen LogP contribution in [0, 0.1) is 3.57 Å². The Morgan fingerprint density at radius 2 is 1.78 bits per heavy atom. The topological polar surface area (TPSA) is 80.3 Å². The molecule has 0 spiro atoms. The van der Waals surface area contributed by atoms with Crippen LogP contribution in [0.3, 0.4) is 0 Å². The van der Waals surface area contributed by atoms with E-state index in [2.05, 4.69) is 38.2 Å². The molecule has 0 aliphatic heterocycles. The van der Waals surface area contributed by atoms with Gasteiger partial charge in [0.05, 0.1) is 23.9 Å². The second-order valence-electron chi connectivity index (χ2n) is 5.57. The summed E-state index contributed by atoms with van der Waals surface area (Å²) >= 11 is 2.12. The summed E-state index contributed by atoms with van der Waals surface area (Å²) in [7, 11) is 1.58. The fourth-order valence-corrected chi connectivity index (χ4v) is 2.87. The van der Waals surface area contributed by atoms with E-state index < -0.39 is 0 Å². The van der Waals surface area contributed by atoms with Gasteiger partial charge in [-0.2, -0.15) is 0 Å². The molecule has 0 aliphatic carbocycles. The predicted molar refractivity (Wildman–Crippen MR) is 112 cm³/mol. The minimum atomic E-state index is -0.331. The highest BCUT2D eigenvalue weighted by molar-refractivity contribution is 14.1. The van der Waals surface area contributed by atoms with Crippen molar-refractivity contribution in [3.63, 3.8) is 0 Å². The Morgan fingerprint density at radius 1 is 1.00 bits per heavy atom. The van der Waals surface area contributed by atoms with Crippen molar-refractivity contribution in [2.75, 3.05) is 17.7 Å². The Hall–Kier alpha value is -2.94. The lowest BCUT2D eigenvalue weighted by atomic mass is 10.1. The zero-order valence-corrected chi connectivity index (χ0v) is 16.6. The van der Waals surface area contributed by atoms with Crippen LogP contribution >= 0.6 is 22.6 Å². The minimum Gasteiger partial charge on any atom is -0.497 e. The van der Waals surface area contributed by atoms with Crippen LogP contribution in [0.4, 0.5) is 11.4 Å². The lowest BCUT2D eigenvalue weighted by Crippen LogP contribution is -2.18. The van der Waals surface area contributed by atoms with Crippen LogP contribution in [0.25, 0.3) is 0 Å². The molecule has 3 aromatic rings. The number of aromatic nitrogens is 1. The van der Waals surface area contributed by atoms with Gasteiger partial charge in [-0.25, -0.2) is 0 Å². The number of hydrogen-bond donors (Lipinski definition) is 2. The molecule has 1 heterocycles. The van der Waals surface area contributed by atoms with E-state index in [1.54, 1.807) is 61.8 Å². The van der Waals surface area contributed by atoms with Crippen molar-refractivity contribution in [2.45, 2.75) is 0 Å². The Kier molecular flexibility index (Phi) is 6.02. The smallest absolute Gasteiger partial charge is 0.257 e. The third-order valence-corrected chi connectivity index (χ3v) is 4.42. The lowest BCUT2D eigenvalue weighted by molar-refractivity contribution is 0.102. The average Bonchev–Trinajstić information content (AvgIpc) is 2.70. The van der Waals surface area contributed by atoms with Gasteiger partial charge in [-0.3, -0.25) is 14.6 Å². The highest BCUT2D eigenvalue weighted by Gasteiger charge is 2.15. The molecule has 7 heteroatoms. The van der Waals surface area contributed by atoms with Gasteiger partial charge < -0.3 is 15.4 Å². The van der Waals surface area contributed by atoms with Crippen molar-refractivity contribution in [1.29, 1.82) is 0 Å². The van der Waals surface area contributed by atoms with Gasteiger partial charge in [0.25, 0.3) is 11.8 Å². The number of halogens is 1. The normalized spacial score (nSPS) is 10.1. The number of nitrogens with zero attached hydrogens (tertiary/aromatic N) is 1.